The minimum atomic E-state index is -4.94. The fraction of sp³-hybridized carbons (Fsp3) is 0.200. The molecule has 2 N–H and O–H groups in total. The van der Waals surface area contributed by atoms with E-state index in [0.29, 0.717) is 40.8 Å². The van der Waals surface area contributed by atoms with Gasteiger partial charge in [-0.05, 0) is 12.5 Å². The van der Waals surface area contributed by atoms with E-state index in [1.54, 1.807) is 24.3 Å². The van der Waals surface area contributed by atoms with E-state index in [-0.39, 0.29) is 22.2 Å². The molecule has 1 saturated heterocycles. The molecule has 40 heavy (non-hydrogen) atoms. The lowest BCUT2D eigenvalue weighted by Gasteiger charge is -2.20. The quantitative estimate of drug-likeness (QED) is 0.326. The number of alkyl halides is 3. The fourth-order valence-electron chi connectivity index (χ4n) is 4.66. The van der Waals surface area contributed by atoms with Crippen molar-refractivity contribution in [1.82, 2.24) is 34.7 Å². The third-order valence-corrected chi connectivity index (χ3v) is 6.69. The van der Waals surface area contributed by atoms with Crippen molar-refractivity contribution < 1.29 is 23.1 Å². The lowest BCUT2D eigenvalue weighted by Crippen LogP contribution is -2.23. The Morgan fingerprint density at radius 2 is 1.75 bits per heavy atom. The molecule has 0 bridgehead atoms. The third kappa shape index (κ3) is 4.60. The Balaban J connectivity index is 1.38. The van der Waals surface area contributed by atoms with Gasteiger partial charge in [0.2, 0.25) is 0 Å². The number of hydrogen-bond donors (Lipinski definition) is 2. The Morgan fingerprint density at radius 1 is 1.02 bits per heavy atom. The van der Waals surface area contributed by atoms with Gasteiger partial charge in [-0.3, -0.25) is 4.79 Å². The van der Waals surface area contributed by atoms with Gasteiger partial charge < -0.3 is 15.3 Å². The van der Waals surface area contributed by atoms with Crippen molar-refractivity contribution in [2.75, 3.05) is 23.3 Å². The Bertz CT molecular complexity index is 1720. The molecule has 15 heteroatoms. The third-order valence-electron chi connectivity index (χ3n) is 6.41. The van der Waals surface area contributed by atoms with E-state index in [1.165, 1.54) is 30.9 Å². The second-order valence-corrected chi connectivity index (χ2v) is 9.43. The lowest BCUT2D eigenvalue weighted by molar-refractivity contribution is -0.143. The molecule has 1 aromatic carbocycles. The summed E-state index contributed by atoms with van der Waals surface area (Å²) in [5.74, 6) is -0.325. The highest BCUT2D eigenvalue weighted by Gasteiger charge is 2.41. The van der Waals surface area contributed by atoms with Gasteiger partial charge >= 0.3 is 6.18 Å². The largest absolute Gasteiger partial charge is 0.434 e. The predicted molar refractivity (Wildman–Crippen MR) is 139 cm³/mol. The standard InChI is InChI=1S/C25H19ClF3N9O2/c26-19-9-14(10-30-23(19)38-32-6-7-33-38)35-24(40)18-11-34-37(21(18)25(27,28)29)20-12-31-22(36-8-5-15(39)13-36)17-4-2-1-3-16(17)20/h1-4,6-7,9-12,15,39H,5,8,13H2,(H,35,40). The molecule has 0 saturated carbocycles. The molecule has 1 unspecified atom stereocenters. The SMILES string of the molecule is O=C(Nc1cnc(-n2nccn2)c(Cl)c1)c1cnn(-c2cnc(N3CCC(O)C3)c3ccccc23)c1C(F)(F)F. The molecule has 204 valence electrons. The van der Waals surface area contributed by atoms with Crippen molar-refractivity contribution in [2.45, 2.75) is 18.7 Å². The number of rotatable bonds is 5. The molecule has 1 aliphatic rings. The Labute approximate surface area is 228 Å². The number of fused-ring (bicyclic) bond motifs is 1. The second kappa shape index (κ2) is 9.88. The number of amides is 1. The Morgan fingerprint density at radius 3 is 2.42 bits per heavy atom. The van der Waals surface area contributed by atoms with Crippen LogP contribution in [0.1, 0.15) is 22.5 Å². The molecule has 5 aromatic rings. The summed E-state index contributed by atoms with van der Waals surface area (Å²) in [6.07, 6.45) is 1.34. The van der Waals surface area contributed by atoms with Gasteiger partial charge in [0.25, 0.3) is 5.91 Å². The van der Waals surface area contributed by atoms with Gasteiger partial charge in [-0.25, -0.2) is 14.6 Å². The van der Waals surface area contributed by atoms with E-state index in [4.69, 9.17) is 11.6 Å². The Hall–Kier alpha value is -4.56. The number of pyridine rings is 2. The van der Waals surface area contributed by atoms with E-state index in [9.17, 15) is 23.1 Å². The van der Waals surface area contributed by atoms with Crippen LogP contribution in [0.2, 0.25) is 5.02 Å². The van der Waals surface area contributed by atoms with Crippen molar-refractivity contribution in [3.8, 4) is 11.5 Å². The predicted octanol–water partition coefficient (Wildman–Crippen LogP) is 3.89. The van der Waals surface area contributed by atoms with E-state index in [2.05, 4.69) is 30.6 Å². The Kier molecular flexibility index (Phi) is 6.35. The number of nitrogens with one attached hydrogen (secondary N) is 1. The van der Waals surface area contributed by atoms with Crippen LogP contribution in [0.25, 0.3) is 22.3 Å². The van der Waals surface area contributed by atoms with Gasteiger partial charge in [0.05, 0.1) is 59.0 Å². The van der Waals surface area contributed by atoms with Crippen LogP contribution in [0, 0.1) is 0 Å². The van der Waals surface area contributed by atoms with Gasteiger partial charge in [0.1, 0.15) is 5.82 Å². The van der Waals surface area contributed by atoms with E-state index >= 15 is 0 Å². The maximum atomic E-state index is 14.4. The number of β-amino-alcohol motifs (C(OH)–C–C–N with tert-alkyl or cyclic N) is 1. The van der Waals surface area contributed by atoms with E-state index < -0.39 is 29.4 Å². The van der Waals surface area contributed by atoms with Crippen molar-refractivity contribution >= 4 is 39.8 Å². The van der Waals surface area contributed by atoms with E-state index in [0.717, 1.165) is 11.0 Å². The van der Waals surface area contributed by atoms with Gasteiger partial charge in [0, 0.05) is 23.9 Å². The number of nitrogens with zero attached hydrogens (tertiary/aromatic N) is 8. The molecule has 0 radical (unpaired) electrons. The molecule has 0 aliphatic carbocycles. The zero-order valence-corrected chi connectivity index (χ0v) is 21.2. The number of halogens is 4. The minimum Gasteiger partial charge on any atom is -0.391 e. The molecular formula is C25H19ClF3N9O2. The molecule has 11 nitrogen and oxygen atoms in total. The highest BCUT2D eigenvalue weighted by atomic mass is 35.5. The summed E-state index contributed by atoms with van der Waals surface area (Å²) in [7, 11) is 0. The molecule has 5 heterocycles. The number of anilines is 2. The summed E-state index contributed by atoms with van der Waals surface area (Å²) in [6.45, 7) is 0.935. The lowest BCUT2D eigenvalue weighted by atomic mass is 10.1. The molecular weight excluding hydrogens is 551 g/mol. The highest BCUT2D eigenvalue weighted by Crippen LogP contribution is 2.37. The number of hydrogen-bond acceptors (Lipinski definition) is 8. The summed E-state index contributed by atoms with van der Waals surface area (Å²) in [4.78, 5) is 24.6. The number of benzene rings is 1. The second-order valence-electron chi connectivity index (χ2n) is 9.02. The monoisotopic (exact) mass is 569 g/mol. The molecule has 4 aromatic heterocycles. The maximum Gasteiger partial charge on any atom is 0.434 e. The topological polar surface area (TPSA) is 127 Å². The number of aromatic nitrogens is 7. The molecule has 1 aliphatic heterocycles. The first kappa shape index (κ1) is 25.7. The zero-order chi connectivity index (χ0) is 28.0. The van der Waals surface area contributed by atoms with Gasteiger partial charge in [-0.2, -0.15) is 28.5 Å². The molecule has 1 atom stereocenters. The summed E-state index contributed by atoms with van der Waals surface area (Å²) in [6, 6.07) is 8.18. The first-order valence-corrected chi connectivity index (χ1v) is 12.4. The zero-order valence-electron chi connectivity index (χ0n) is 20.4. The summed E-state index contributed by atoms with van der Waals surface area (Å²) in [5, 5.41) is 25.3. The smallest absolute Gasteiger partial charge is 0.391 e. The van der Waals surface area contributed by atoms with Crippen LogP contribution in [-0.2, 0) is 6.18 Å². The van der Waals surface area contributed by atoms with Crippen LogP contribution in [-0.4, -0.2) is 64.9 Å². The van der Waals surface area contributed by atoms with Crippen LogP contribution in [0.5, 0.6) is 0 Å². The van der Waals surface area contributed by atoms with E-state index in [1.807, 2.05) is 4.90 Å². The van der Waals surface area contributed by atoms with Crippen molar-refractivity contribution in [1.29, 1.82) is 0 Å². The normalized spacial score (nSPS) is 15.6. The minimum absolute atomic E-state index is 0.0475. The maximum absolute atomic E-state index is 14.4. The van der Waals surface area contributed by atoms with Crippen molar-refractivity contribution in [3.63, 3.8) is 0 Å². The molecule has 0 spiro atoms. The van der Waals surface area contributed by atoms with Crippen molar-refractivity contribution in [2.24, 2.45) is 0 Å². The molecule has 1 amide bonds. The highest BCUT2D eigenvalue weighted by molar-refractivity contribution is 6.32. The van der Waals surface area contributed by atoms with Crippen LogP contribution in [0.3, 0.4) is 0 Å². The number of carbonyl (C=O) groups excluding carboxylic acids is 1. The first-order chi connectivity index (χ1) is 19.2. The summed E-state index contributed by atoms with van der Waals surface area (Å²) >= 11 is 6.23. The average Bonchev–Trinajstić information content (AvgIpc) is 3.69. The molecule has 6 rings (SSSR count). The van der Waals surface area contributed by atoms with Gasteiger partial charge in [-0.1, -0.05) is 35.9 Å². The average molecular weight is 570 g/mol. The number of carbonyl (C=O) groups is 1. The van der Waals surface area contributed by atoms with Gasteiger partial charge in [0.15, 0.2) is 11.5 Å². The fourth-order valence-corrected chi connectivity index (χ4v) is 4.90. The summed E-state index contributed by atoms with van der Waals surface area (Å²) in [5.41, 5.74) is -1.85. The van der Waals surface area contributed by atoms with Crippen molar-refractivity contribution in [3.05, 3.63) is 77.6 Å². The van der Waals surface area contributed by atoms with Crippen LogP contribution >= 0.6 is 11.6 Å². The van der Waals surface area contributed by atoms with Crippen LogP contribution in [0.15, 0.2) is 61.3 Å². The molecule has 1 fully saturated rings. The van der Waals surface area contributed by atoms with Gasteiger partial charge in [-0.15, -0.1) is 4.80 Å². The summed E-state index contributed by atoms with van der Waals surface area (Å²) < 4.78 is 43.9. The first-order valence-electron chi connectivity index (χ1n) is 12.0. The van der Waals surface area contributed by atoms with Crippen LogP contribution in [0.4, 0.5) is 24.7 Å². The van der Waals surface area contributed by atoms with Crippen LogP contribution < -0.4 is 10.2 Å². The number of aliphatic hydroxyl groups is 1. The number of aliphatic hydroxyl groups excluding tert-OH is 1.